The zero-order chi connectivity index (χ0) is 10.4. The van der Waals surface area contributed by atoms with Gasteiger partial charge in [-0.25, -0.2) is 0 Å². The van der Waals surface area contributed by atoms with Crippen LogP contribution >= 0.6 is 0 Å². The summed E-state index contributed by atoms with van der Waals surface area (Å²) in [6, 6.07) is 7.98. The van der Waals surface area contributed by atoms with E-state index in [0.29, 0.717) is 0 Å². The first kappa shape index (κ1) is 11.0. The lowest BCUT2D eigenvalue weighted by molar-refractivity contribution is 0.150. The van der Waals surface area contributed by atoms with Crippen LogP contribution in [0.4, 0.5) is 5.69 Å². The van der Waals surface area contributed by atoms with Gasteiger partial charge < -0.3 is 15.5 Å². The van der Waals surface area contributed by atoms with Crippen molar-refractivity contribution < 1.29 is 10.2 Å². The lowest BCUT2D eigenvalue weighted by Gasteiger charge is -2.10. The second-order valence-electron chi connectivity index (χ2n) is 3.38. The molecular weight excluding hydrogens is 178 g/mol. The Morgan fingerprint density at radius 2 is 1.71 bits per heavy atom. The summed E-state index contributed by atoms with van der Waals surface area (Å²) < 4.78 is 0. The standard InChI is InChI=1S/C11H17NO2/c1-12-11-4-2-9(3-5-11)6-10(7-13)8-14/h2-5,10,12-14H,6-8H2,1H3. The molecule has 1 rings (SSSR count). The van der Waals surface area contributed by atoms with E-state index in [4.69, 9.17) is 10.2 Å². The molecule has 0 bridgehead atoms. The second kappa shape index (κ2) is 5.62. The first-order valence-corrected chi connectivity index (χ1v) is 4.78. The summed E-state index contributed by atoms with van der Waals surface area (Å²) in [5.74, 6) is -0.0459. The number of aliphatic hydroxyl groups is 2. The molecule has 0 radical (unpaired) electrons. The van der Waals surface area contributed by atoms with Gasteiger partial charge in [0.2, 0.25) is 0 Å². The van der Waals surface area contributed by atoms with Gasteiger partial charge in [-0.2, -0.15) is 0 Å². The fraction of sp³-hybridized carbons (Fsp3) is 0.455. The highest BCUT2D eigenvalue weighted by Gasteiger charge is 2.06. The highest BCUT2D eigenvalue weighted by molar-refractivity contribution is 5.43. The minimum Gasteiger partial charge on any atom is -0.396 e. The Labute approximate surface area is 84.4 Å². The molecule has 0 saturated heterocycles. The highest BCUT2D eigenvalue weighted by atomic mass is 16.3. The summed E-state index contributed by atoms with van der Waals surface area (Å²) in [4.78, 5) is 0. The molecule has 0 aliphatic heterocycles. The number of anilines is 1. The molecule has 0 unspecified atom stereocenters. The Kier molecular flexibility index (Phi) is 4.43. The van der Waals surface area contributed by atoms with E-state index in [-0.39, 0.29) is 19.1 Å². The van der Waals surface area contributed by atoms with Crippen molar-refractivity contribution in [1.29, 1.82) is 0 Å². The maximum absolute atomic E-state index is 8.92. The lowest BCUT2D eigenvalue weighted by Crippen LogP contribution is -2.13. The van der Waals surface area contributed by atoms with Crippen LogP contribution in [0.5, 0.6) is 0 Å². The fourth-order valence-corrected chi connectivity index (χ4v) is 1.33. The van der Waals surface area contributed by atoms with Crippen LogP contribution in [0.2, 0.25) is 0 Å². The molecule has 0 aromatic heterocycles. The van der Waals surface area contributed by atoms with E-state index in [1.54, 1.807) is 0 Å². The van der Waals surface area contributed by atoms with E-state index in [1.165, 1.54) is 0 Å². The average Bonchev–Trinajstić information content (AvgIpc) is 2.26. The number of hydrogen-bond acceptors (Lipinski definition) is 3. The summed E-state index contributed by atoms with van der Waals surface area (Å²) >= 11 is 0. The van der Waals surface area contributed by atoms with E-state index < -0.39 is 0 Å². The van der Waals surface area contributed by atoms with Crippen LogP contribution in [0.1, 0.15) is 5.56 Å². The maximum atomic E-state index is 8.92. The smallest absolute Gasteiger partial charge is 0.0484 e. The minimum atomic E-state index is -0.0459. The van der Waals surface area contributed by atoms with Crippen LogP contribution in [0, 0.1) is 5.92 Å². The van der Waals surface area contributed by atoms with Crippen molar-refractivity contribution in [3.05, 3.63) is 29.8 Å². The fourth-order valence-electron chi connectivity index (χ4n) is 1.33. The molecule has 14 heavy (non-hydrogen) atoms. The Hall–Kier alpha value is -1.06. The van der Waals surface area contributed by atoms with Gasteiger partial charge in [-0.3, -0.25) is 0 Å². The van der Waals surface area contributed by atoms with Crippen LogP contribution < -0.4 is 5.32 Å². The number of rotatable bonds is 5. The summed E-state index contributed by atoms with van der Waals surface area (Å²) in [5.41, 5.74) is 2.20. The van der Waals surface area contributed by atoms with Gasteiger partial charge in [-0.1, -0.05) is 12.1 Å². The van der Waals surface area contributed by atoms with Gasteiger partial charge in [0.25, 0.3) is 0 Å². The van der Waals surface area contributed by atoms with Crippen LogP contribution in [-0.2, 0) is 6.42 Å². The zero-order valence-electron chi connectivity index (χ0n) is 8.40. The van der Waals surface area contributed by atoms with Crippen LogP contribution in [0.25, 0.3) is 0 Å². The molecule has 0 spiro atoms. The molecule has 3 N–H and O–H groups in total. The first-order valence-electron chi connectivity index (χ1n) is 4.78. The van der Waals surface area contributed by atoms with Gasteiger partial charge >= 0.3 is 0 Å². The van der Waals surface area contributed by atoms with E-state index in [1.807, 2.05) is 31.3 Å². The van der Waals surface area contributed by atoms with Gasteiger partial charge in [0.05, 0.1) is 0 Å². The number of benzene rings is 1. The molecule has 78 valence electrons. The van der Waals surface area contributed by atoms with E-state index >= 15 is 0 Å². The monoisotopic (exact) mass is 195 g/mol. The maximum Gasteiger partial charge on any atom is 0.0484 e. The number of hydrogen-bond donors (Lipinski definition) is 3. The molecule has 0 saturated carbocycles. The second-order valence-corrected chi connectivity index (χ2v) is 3.38. The third kappa shape index (κ3) is 3.01. The molecule has 0 fully saturated rings. The van der Waals surface area contributed by atoms with Crippen LogP contribution in [-0.4, -0.2) is 30.5 Å². The van der Waals surface area contributed by atoms with Crippen molar-refractivity contribution in [2.45, 2.75) is 6.42 Å². The Balaban J connectivity index is 2.58. The van der Waals surface area contributed by atoms with E-state index in [2.05, 4.69) is 5.32 Å². The summed E-state index contributed by atoms with van der Waals surface area (Å²) in [6.45, 7) is 0.0640. The molecule has 3 heteroatoms. The van der Waals surface area contributed by atoms with Gasteiger partial charge in [0.1, 0.15) is 0 Å². The van der Waals surface area contributed by atoms with Gasteiger partial charge in [0, 0.05) is 31.9 Å². The van der Waals surface area contributed by atoms with E-state index in [0.717, 1.165) is 17.7 Å². The van der Waals surface area contributed by atoms with Crippen molar-refractivity contribution in [1.82, 2.24) is 0 Å². The zero-order valence-corrected chi connectivity index (χ0v) is 8.40. The lowest BCUT2D eigenvalue weighted by atomic mass is 10.0. The average molecular weight is 195 g/mol. The van der Waals surface area contributed by atoms with Gasteiger partial charge in [-0.05, 0) is 24.1 Å². The molecule has 0 atom stereocenters. The third-order valence-electron chi connectivity index (χ3n) is 2.28. The molecule has 0 amide bonds. The molecule has 1 aromatic carbocycles. The molecule has 1 aromatic rings. The largest absolute Gasteiger partial charge is 0.396 e. The Bertz CT molecular complexity index is 254. The van der Waals surface area contributed by atoms with Crippen LogP contribution in [0.15, 0.2) is 24.3 Å². The molecule has 0 aliphatic carbocycles. The molecule has 3 nitrogen and oxygen atoms in total. The minimum absolute atomic E-state index is 0.0320. The van der Waals surface area contributed by atoms with Crippen molar-refractivity contribution in [3.8, 4) is 0 Å². The quantitative estimate of drug-likeness (QED) is 0.653. The topological polar surface area (TPSA) is 52.5 Å². The Morgan fingerprint density at radius 3 is 2.14 bits per heavy atom. The molecule has 0 heterocycles. The van der Waals surface area contributed by atoms with Crippen molar-refractivity contribution in [2.75, 3.05) is 25.6 Å². The van der Waals surface area contributed by atoms with Crippen molar-refractivity contribution in [2.24, 2.45) is 5.92 Å². The Morgan fingerprint density at radius 1 is 1.14 bits per heavy atom. The number of aliphatic hydroxyl groups excluding tert-OH is 2. The summed E-state index contributed by atoms with van der Waals surface area (Å²) in [6.07, 6.45) is 0.719. The number of nitrogens with one attached hydrogen (secondary N) is 1. The van der Waals surface area contributed by atoms with Crippen LogP contribution in [0.3, 0.4) is 0 Å². The highest BCUT2D eigenvalue weighted by Crippen LogP contribution is 2.12. The van der Waals surface area contributed by atoms with Crippen molar-refractivity contribution >= 4 is 5.69 Å². The predicted molar refractivity (Wildman–Crippen MR) is 57.4 cm³/mol. The summed E-state index contributed by atoms with van der Waals surface area (Å²) in [7, 11) is 1.87. The molecule has 0 aliphatic rings. The normalized spacial score (nSPS) is 10.6. The van der Waals surface area contributed by atoms with Crippen molar-refractivity contribution in [3.63, 3.8) is 0 Å². The third-order valence-corrected chi connectivity index (χ3v) is 2.28. The van der Waals surface area contributed by atoms with E-state index in [9.17, 15) is 0 Å². The SMILES string of the molecule is CNc1ccc(CC(CO)CO)cc1. The van der Waals surface area contributed by atoms with Gasteiger partial charge in [-0.15, -0.1) is 0 Å². The predicted octanol–water partition coefficient (Wildman–Crippen LogP) is 0.872. The molecular formula is C11H17NO2. The van der Waals surface area contributed by atoms with Gasteiger partial charge in [0.15, 0.2) is 0 Å². The summed E-state index contributed by atoms with van der Waals surface area (Å²) in [5, 5.41) is 20.9. The first-order chi connectivity index (χ1) is 6.80.